The molecule has 0 aromatic rings. The third-order valence-corrected chi connectivity index (χ3v) is 6.94. The maximum atomic E-state index is 13.3. The number of carbonyl (C=O) groups excluding carboxylic acids is 6. The Morgan fingerprint density at radius 3 is 1.54 bits per heavy atom. The van der Waals surface area contributed by atoms with E-state index in [1.165, 1.54) is 6.92 Å². The van der Waals surface area contributed by atoms with Crippen LogP contribution in [0, 0.1) is 23.7 Å². The lowest BCUT2D eigenvalue weighted by Gasteiger charge is -2.28. The fraction of sp³-hybridized carbons (Fsp3) is 0.767. The lowest BCUT2D eigenvalue weighted by molar-refractivity contribution is -0.142. The third-order valence-electron chi connectivity index (χ3n) is 6.94. The molecule has 0 radical (unpaired) electrons. The summed E-state index contributed by atoms with van der Waals surface area (Å²) in [6, 6.07) is -6.77. The van der Waals surface area contributed by atoms with E-state index in [4.69, 9.17) is 5.73 Å². The maximum Gasteiger partial charge on any atom is 0.326 e. The van der Waals surface area contributed by atoms with Crippen molar-refractivity contribution in [3.05, 3.63) is 0 Å². The molecule has 0 rings (SSSR count). The second-order valence-corrected chi connectivity index (χ2v) is 13.0. The van der Waals surface area contributed by atoms with Crippen molar-refractivity contribution in [2.75, 3.05) is 13.2 Å². The Morgan fingerprint density at radius 2 is 1.09 bits per heavy atom. The standard InChI is InChI=1S/C30H55N7O9/c1-14(2)10-19(26(41)33-18(9)25(40)32-12-22(39)34-20(30(45)46)11-15(3)4)35-29(44)24(17(7)8)37-27(42)21(13-38)36-28(43)23(31)16(5)6/h14-21,23-24,38H,10-13,31H2,1-9H3,(H,32,40)(H,33,41)(H,34,39)(H,35,44)(H,36,43)(H,37,42)(H,45,46)/t18-,19-,20-,21-,23-,24-/m0/s1. The monoisotopic (exact) mass is 657 g/mol. The highest BCUT2D eigenvalue weighted by Gasteiger charge is 2.33. The Labute approximate surface area is 271 Å². The zero-order valence-electron chi connectivity index (χ0n) is 28.4. The van der Waals surface area contributed by atoms with Gasteiger partial charge in [0.15, 0.2) is 0 Å². The molecule has 16 heteroatoms. The molecule has 46 heavy (non-hydrogen) atoms. The first-order valence-electron chi connectivity index (χ1n) is 15.6. The summed E-state index contributed by atoms with van der Waals surface area (Å²) in [4.78, 5) is 87.9. The molecule has 10 N–H and O–H groups in total. The highest BCUT2D eigenvalue weighted by Crippen LogP contribution is 2.09. The van der Waals surface area contributed by atoms with E-state index in [0.717, 1.165) is 0 Å². The summed E-state index contributed by atoms with van der Waals surface area (Å²) in [6.07, 6.45) is 0.388. The number of aliphatic hydroxyl groups excluding tert-OH is 1. The topological polar surface area (TPSA) is 258 Å². The first-order chi connectivity index (χ1) is 21.2. The van der Waals surface area contributed by atoms with Gasteiger partial charge in [0.25, 0.3) is 0 Å². The smallest absolute Gasteiger partial charge is 0.326 e. The van der Waals surface area contributed by atoms with Crippen LogP contribution in [0.25, 0.3) is 0 Å². The van der Waals surface area contributed by atoms with Crippen LogP contribution in [0.2, 0.25) is 0 Å². The summed E-state index contributed by atoms with van der Waals surface area (Å²) in [5.74, 6) is -6.21. The fourth-order valence-corrected chi connectivity index (χ4v) is 4.16. The van der Waals surface area contributed by atoms with Crippen molar-refractivity contribution in [3.8, 4) is 0 Å². The van der Waals surface area contributed by atoms with Crippen LogP contribution in [0.15, 0.2) is 0 Å². The first kappa shape index (κ1) is 42.2. The Bertz CT molecular complexity index is 1070. The van der Waals surface area contributed by atoms with Crippen LogP contribution in [-0.2, 0) is 33.6 Å². The second-order valence-electron chi connectivity index (χ2n) is 13.0. The molecule has 0 saturated carbocycles. The summed E-state index contributed by atoms with van der Waals surface area (Å²) in [7, 11) is 0. The molecule has 0 spiro atoms. The molecule has 6 atom stereocenters. The van der Waals surface area contributed by atoms with Gasteiger partial charge in [-0.15, -0.1) is 0 Å². The van der Waals surface area contributed by atoms with E-state index in [-0.39, 0.29) is 30.6 Å². The lowest BCUT2D eigenvalue weighted by Crippen LogP contribution is -2.60. The van der Waals surface area contributed by atoms with Gasteiger partial charge in [-0.3, -0.25) is 28.8 Å². The van der Waals surface area contributed by atoms with Gasteiger partial charge in [0.2, 0.25) is 35.4 Å². The van der Waals surface area contributed by atoms with Gasteiger partial charge in [-0.25, -0.2) is 4.79 Å². The van der Waals surface area contributed by atoms with E-state index in [1.54, 1.807) is 27.7 Å². The van der Waals surface area contributed by atoms with Gasteiger partial charge >= 0.3 is 5.97 Å². The Kier molecular flexibility index (Phi) is 18.7. The number of carbonyl (C=O) groups is 7. The maximum absolute atomic E-state index is 13.3. The quantitative estimate of drug-likeness (QED) is 0.0721. The number of hydrogen-bond donors (Lipinski definition) is 9. The van der Waals surface area contributed by atoms with Gasteiger partial charge in [0.1, 0.15) is 30.2 Å². The van der Waals surface area contributed by atoms with Gasteiger partial charge in [0, 0.05) is 0 Å². The van der Waals surface area contributed by atoms with Crippen LogP contribution in [0.5, 0.6) is 0 Å². The van der Waals surface area contributed by atoms with Crippen molar-refractivity contribution >= 4 is 41.4 Å². The number of hydrogen-bond acceptors (Lipinski definition) is 9. The Morgan fingerprint density at radius 1 is 0.587 bits per heavy atom. The number of nitrogens with two attached hydrogens (primary N) is 1. The predicted molar refractivity (Wildman–Crippen MR) is 170 cm³/mol. The third kappa shape index (κ3) is 15.5. The molecular weight excluding hydrogens is 602 g/mol. The predicted octanol–water partition coefficient (Wildman–Crippen LogP) is -1.65. The molecule has 0 saturated heterocycles. The molecule has 16 nitrogen and oxygen atoms in total. The van der Waals surface area contributed by atoms with E-state index in [0.29, 0.717) is 0 Å². The number of aliphatic hydroxyl groups is 1. The van der Waals surface area contributed by atoms with Crippen molar-refractivity contribution in [2.24, 2.45) is 29.4 Å². The van der Waals surface area contributed by atoms with E-state index >= 15 is 0 Å². The molecule has 0 aliphatic carbocycles. The molecule has 0 aromatic carbocycles. The van der Waals surface area contributed by atoms with Crippen molar-refractivity contribution < 1.29 is 43.8 Å². The number of rotatable bonds is 20. The molecule has 0 aliphatic heterocycles. The van der Waals surface area contributed by atoms with Crippen LogP contribution >= 0.6 is 0 Å². The highest BCUT2D eigenvalue weighted by atomic mass is 16.4. The van der Waals surface area contributed by atoms with Crippen molar-refractivity contribution in [1.82, 2.24) is 31.9 Å². The first-order valence-corrected chi connectivity index (χ1v) is 15.6. The minimum Gasteiger partial charge on any atom is -0.480 e. The van der Waals surface area contributed by atoms with Gasteiger partial charge in [-0.1, -0.05) is 55.4 Å². The molecule has 0 heterocycles. The van der Waals surface area contributed by atoms with Gasteiger partial charge < -0.3 is 47.8 Å². The average molecular weight is 658 g/mol. The summed E-state index contributed by atoms with van der Waals surface area (Å²) in [5.41, 5.74) is 5.82. The minimum atomic E-state index is -1.37. The Balaban J connectivity index is 5.44. The SMILES string of the molecule is CC(C)C[C@H](NC(=O)CNC(=O)[C@H](C)NC(=O)[C@H](CC(C)C)NC(=O)[C@@H](NC(=O)[C@H](CO)NC(=O)[C@@H](N)C(C)C)C(C)C)C(=O)O. The number of carboxylic acid groups (broad SMARTS) is 1. The summed E-state index contributed by atoms with van der Waals surface area (Å²) < 4.78 is 0. The van der Waals surface area contributed by atoms with E-state index < -0.39 is 96.7 Å². The average Bonchev–Trinajstić information content (AvgIpc) is 2.94. The van der Waals surface area contributed by atoms with Crippen molar-refractivity contribution in [1.29, 1.82) is 0 Å². The highest BCUT2D eigenvalue weighted by molar-refractivity contribution is 5.96. The zero-order valence-corrected chi connectivity index (χ0v) is 28.4. The molecule has 6 amide bonds. The number of amides is 6. The van der Waals surface area contributed by atoms with E-state index in [9.17, 15) is 43.8 Å². The van der Waals surface area contributed by atoms with Crippen LogP contribution < -0.4 is 37.6 Å². The van der Waals surface area contributed by atoms with Gasteiger partial charge in [-0.05, 0) is 43.4 Å². The van der Waals surface area contributed by atoms with Crippen LogP contribution in [0.1, 0.15) is 75.2 Å². The molecular formula is C30H55N7O9. The van der Waals surface area contributed by atoms with Crippen LogP contribution in [-0.4, -0.2) is 101 Å². The van der Waals surface area contributed by atoms with Crippen LogP contribution in [0.4, 0.5) is 0 Å². The van der Waals surface area contributed by atoms with Crippen molar-refractivity contribution in [2.45, 2.75) is 111 Å². The summed E-state index contributed by atoms with van der Waals surface area (Å²) >= 11 is 0. The van der Waals surface area contributed by atoms with Crippen molar-refractivity contribution in [3.63, 3.8) is 0 Å². The minimum absolute atomic E-state index is 0.0109. The van der Waals surface area contributed by atoms with E-state index in [2.05, 4.69) is 31.9 Å². The number of carboxylic acids is 1. The van der Waals surface area contributed by atoms with Gasteiger partial charge in [0.05, 0.1) is 19.2 Å². The summed E-state index contributed by atoms with van der Waals surface area (Å²) in [5, 5.41) is 33.7. The lowest BCUT2D eigenvalue weighted by atomic mass is 9.99. The molecule has 0 aromatic heterocycles. The number of aliphatic carboxylic acids is 1. The molecule has 0 unspecified atom stereocenters. The fourth-order valence-electron chi connectivity index (χ4n) is 4.16. The molecule has 264 valence electrons. The number of nitrogens with one attached hydrogen (secondary N) is 6. The van der Waals surface area contributed by atoms with E-state index in [1.807, 2.05) is 27.7 Å². The normalized spacial score (nSPS) is 15.3. The molecule has 0 fully saturated rings. The second kappa shape index (κ2) is 20.4. The summed E-state index contributed by atoms with van der Waals surface area (Å²) in [6.45, 7) is 14.1. The largest absolute Gasteiger partial charge is 0.480 e. The van der Waals surface area contributed by atoms with Crippen LogP contribution in [0.3, 0.4) is 0 Å². The molecule has 0 bridgehead atoms. The molecule has 0 aliphatic rings. The Hall–Kier alpha value is -3.79. The zero-order chi connectivity index (χ0) is 35.9. The van der Waals surface area contributed by atoms with Gasteiger partial charge in [-0.2, -0.15) is 0 Å².